The van der Waals surface area contributed by atoms with E-state index in [0.29, 0.717) is 17.9 Å². The van der Waals surface area contributed by atoms with Gasteiger partial charge in [-0.3, -0.25) is 10.1 Å². The van der Waals surface area contributed by atoms with E-state index in [9.17, 15) is 4.79 Å². The normalized spacial score (nSPS) is 33.8. The number of nitrogens with zero attached hydrogens (tertiary/aromatic N) is 1. The van der Waals surface area contributed by atoms with E-state index < -0.39 is 0 Å². The lowest BCUT2D eigenvalue weighted by Crippen LogP contribution is -2.47. The second-order valence-corrected chi connectivity index (χ2v) is 7.56. The average Bonchev–Trinajstić information content (AvgIpc) is 2.95. The van der Waals surface area contributed by atoms with Gasteiger partial charge in [0.1, 0.15) is 6.17 Å². The third-order valence-corrected chi connectivity index (χ3v) is 5.20. The average molecular weight is 292 g/mol. The first-order valence-corrected chi connectivity index (χ1v) is 8.61. The smallest absolute Gasteiger partial charge is 0.241 e. The van der Waals surface area contributed by atoms with Gasteiger partial charge in [0.05, 0.1) is 6.04 Å². The first-order valence-electron chi connectivity index (χ1n) is 7.66. The molecule has 110 valence electrons. The fourth-order valence-corrected chi connectivity index (χ4v) is 4.13. The summed E-state index contributed by atoms with van der Waals surface area (Å²) in [6.07, 6.45) is 3.33. The summed E-state index contributed by atoms with van der Waals surface area (Å²) in [6.45, 7) is 6.64. The van der Waals surface area contributed by atoms with Crippen LogP contribution in [0.3, 0.4) is 0 Å². The molecule has 2 unspecified atom stereocenters. The zero-order valence-electron chi connectivity index (χ0n) is 12.5. The molecule has 1 aromatic heterocycles. The van der Waals surface area contributed by atoms with Crippen molar-refractivity contribution in [2.75, 3.05) is 0 Å². The molecule has 4 heteroatoms. The van der Waals surface area contributed by atoms with Crippen molar-refractivity contribution in [3.05, 3.63) is 22.4 Å². The van der Waals surface area contributed by atoms with Gasteiger partial charge in [-0.15, -0.1) is 0 Å². The molecule has 2 aliphatic rings. The van der Waals surface area contributed by atoms with Gasteiger partial charge in [0.25, 0.3) is 0 Å². The van der Waals surface area contributed by atoms with Gasteiger partial charge < -0.3 is 4.90 Å². The molecule has 2 heterocycles. The third-order valence-electron chi connectivity index (χ3n) is 4.50. The van der Waals surface area contributed by atoms with Crippen LogP contribution in [0.25, 0.3) is 0 Å². The molecule has 0 aromatic carbocycles. The zero-order chi connectivity index (χ0) is 14.3. The van der Waals surface area contributed by atoms with Crippen molar-refractivity contribution in [1.82, 2.24) is 10.2 Å². The predicted octanol–water partition coefficient (Wildman–Crippen LogP) is 3.39. The van der Waals surface area contributed by atoms with Crippen molar-refractivity contribution in [1.29, 1.82) is 0 Å². The van der Waals surface area contributed by atoms with Crippen LogP contribution in [-0.2, 0) is 4.79 Å². The highest BCUT2D eigenvalue weighted by Crippen LogP contribution is 2.39. The molecule has 1 saturated carbocycles. The molecule has 3 nitrogen and oxygen atoms in total. The van der Waals surface area contributed by atoms with Crippen LogP contribution < -0.4 is 5.32 Å². The second-order valence-electron chi connectivity index (χ2n) is 6.78. The predicted molar refractivity (Wildman–Crippen MR) is 82.5 cm³/mol. The van der Waals surface area contributed by atoms with Crippen molar-refractivity contribution >= 4 is 17.2 Å². The summed E-state index contributed by atoms with van der Waals surface area (Å²) in [5.41, 5.74) is 1.24. The van der Waals surface area contributed by atoms with Crippen LogP contribution in [0.2, 0.25) is 0 Å². The van der Waals surface area contributed by atoms with Gasteiger partial charge in [-0.25, -0.2) is 0 Å². The van der Waals surface area contributed by atoms with E-state index in [1.165, 1.54) is 5.56 Å². The van der Waals surface area contributed by atoms with Crippen LogP contribution in [0.4, 0.5) is 0 Å². The van der Waals surface area contributed by atoms with E-state index in [-0.39, 0.29) is 12.2 Å². The number of carbonyl (C=O) groups is 1. The van der Waals surface area contributed by atoms with Crippen LogP contribution in [0.1, 0.15) is 51.8 Å². The maximum absolute atomic E-state index is 12.8. The maximum atomic E-state index is 12.8. The standard InChI is InChI=1S/C16H24N2OS/c1-10(2)6-14-16(19)18(13-7-11(3)8-13)15(17-14)12-4-5-20-9-12/h4-5,9-11,13-15,17H,6-8H2,1-3H3. The number of rotatable bonds is 4. The van der Waals surface area contributed by atoms with Crippen molar-refractivity contribution in [2.24, 2.45) is 11.8 Å². The Morgan fingerprint density at radius 3 is 2.75 bits per heavy atom. The second kappa shape index (κ2) is 5.49. The highest BCUT2D eigenvalue weighted by atomic mass is 32.1. The van der Waals surface area contributed by atoms with Gasteiger partial charge in [0.15, 0.2) is 0 Å². The molecule has 2 atom stereocenters. The van der Waals surface area contributed by atoms with Gasteiger partial charge in [-0.2, -0.15) is 11.3 Å². The summed E-state index contributed by atoms with van der Waals surface area (Å²) >= 11 is 1.70. The summed E-state index contributed by atoms with van der Waals surface area (Å²) < 4.78 is 0. The minimum atomic E-state index is -0.00388. The maximum Gasteiger partial charge on any atom is 0.241 e. The molecule has 3 rings (SSSR count). The molecule has 20 heavy (non-hydrogen) atoms. The highest BCUT2D eigenvalue weighted by molar-refractivity contribution is 7.07. The van der Waals surface area contributed by atoms with Gasteiger partial charge in [-0.05, 0) is 53.5 Å². The lowest BCUT2D eigenvalue weighted by molar-refractivity contribution is -0.135. The Bertz CT molecular complexity index is 465. The molecule has 0 bridgehead atoms. The first kappa shape index (κ1) is 14.1. The summed E-state index contributed by atoms with van der Waals surface area (Å²) in [5.74, 6) is 1.62. The number of thiophene rings is 1. The lowest BCUT2D eigenvalue weighted by Gasteiger charge is -2.42. The Kier molecular flexibility index (Phi) is 3.87. The fourth-order valence-electron chi connectivity index (χ4n) is 3.45. The van der Waals surface area contributed by atoms with Crippen LogP contribution in [0.5, 0.6) is 0 Å². The van der Waals surface area contributed by atoms with Crippen molar-refractivity contribution < 1.29 is 4.79 Å². The van der Waals surface area contributed by atoms with Crippen LogP contribution in [0, 0.1) is 11.8 Å². The fraction of sp³-hybridized carbons (Fsp3) is 0.688. The quantitative estimate of drug-likeness (QED) is 0.922. The monoisotopic (exact) mass is 292 g/mol. The van der Waals surface area contributed by atoms with E-state index in [0.717, 1.165) is 25.2 Å². The molecule has 1 aromatic rings. The molecule has 0 radical (unpaired) electrons. The topological polar surface area (TPSA) is 32.3 Å². The lowest BCUT2D eigenvalue weighted by atomic mass is 9.80. The number of hydrogen-bond acceptors (Lipinski definition) is 3. The minimum absolute atomic E-state index is 0.00388. The Morgan fingerprint density at radius 1 is 1.45 bits per heavy atom. The highest BCUT2D eigenvalue weighted by Gasteiger charge is 2.46. The summed E-state index contributed by atoms with van der Waals surface area (Å²) in [6, 6.07) is 2.57. The Labute approximate surface area is 125 Å². The SMILES string of the molecule is CC(C)CC1NC(c2ccsc2)N(C2CC(C)C2)C1=O. The number of carbonyl (C=O) groups excluding carboxylic acids is 1. The molecule has 2 fully saturated rings. The van der Waals surface area contributed by atoms with E-state index in [2.05, 4.69) is 47.8 Å². The zero-order valence-corrected chi connectivity index (χ0v) is 13.3. The summed E-state index contributed by atoms with van der Waals surface area (Å²) in [7, 11) is 0. The van der Waals surface area contributed by atoms with Crippen LogP contribution in [-0.4, -0.2) is 22.9 Å². The van der Waals surface area contributed by atoms with E-state index in [4.69, 9.17) is 0 Å². The Morgan fingerprint density at radius 2 is 2.20 bits per heavy atom. The number of amides is 1. The van der Waals surface area contributed by atoms with Gasteiger partial charge in [-0.1, -0.05) is 20.8 Å². The van der Waals surface area contributed by atoms with Gasteiger partial charge >= 0.3 is 0 Å². The molecule has 0 spiro atoms. The summed E-state index contributed by atoms with van der Waals surface area (Å²) in [5, 5.41) is 7.83. The van der Waals surface area contributed by atoms with Crippen LogP contribution >= 0.6 is 11.3 Å². The molecule has 1 aliphatic heterocycles. The van der Waals surface area contributed by atoms with Gasteiger partial charge in [0.2, 0.25) is 5.91 Å². The molecule has 1 aliphatic carbocycles. The molecule has 1 amide bonds. The van der Waals surface area contributed by atoms with Crippen molar-refractivity contribution in [3.8, 4) is 0 Å². The van der Waals surface area contributed by atoms with E-state index in [1.807, 2.05) is 0 Å². The number of hydrogen-bond donors (Lipinski definition) is 1. The molecular weight excluding hydrogens is 268 g/mol. The van der Waals surface area contributed by atoms with Gasteiger partial charge in [0, 0.05) is 6.04 Å². The van der Waals surface area contributed by atoms with Crippen molar-refractivity contribution in [3.63, 3.8) is 0 Å². The first-order chi connectivity index (χ1) is 9.56. The van der Waals surface area contributed by atoms with Crippen LogP contribution in [0.15, 0.2) is 16.8 Å². The van der Waals surface area contributed by atoms with E-state index in [1.54, 1.807) is 11.3 Å². The molecule has 1 saturated heterocycles. The molecular formula is C16H24N2OS. The Balaban J connectivity index is 1.81. The Hall–Kier alpha value is -0.870. The summed E-state index contributed by atoms with van der Waals surface area (Å²) in [4.78, 5) is 14.9. The number of nitrogens with one attached hydrogen (secondary N) is 1. The largest absolute Gasteiger partial charge is 0.319 e. The molecule has 1 N–H and O–H groups in total. The minimum Gasteiger partial charge on any atom is -0.319 e. The van der Waals surface area contributed by atoms with Crippen molar-refractivity contribution in [2.45, 2.75) is 58.3 Å². The van der Waals surface area contributed by atoms with E-state index >= 15 is 0 Å². The third kappa shape index (κ3) is 2.51.